The van der Waals surface area contributed by atoms with E-state index in [1.165, 1.54) is 11.4 Å². The number of hydrogen-bond donors (Lipinski definition) is 1. The van der Waals surface area contributed by atoms with Crippen LogP contribution in [0.25, 0.3) is 33.5 Å². The minimum atomic E-state index is -0.918. The zero-order valence-electron chi connectivity index (χ0n) is 26.8. The molecule has 2 heterocycles. The van der Waals surface area contributed by atoms with E-state index in [4.69, 9.17) is 9.97 Å². The summed E-state index contributed by atoms with van der Waals surface area (Å²) in [5.74, 6) is 1.70. The maximum absolute atomic E-state index is 11.8. The van der Waals surface area contributed by atoms with Crippen LogP contribution in [0.1, 0.15) is 86.7 Å². The summed E-state index contributed by atoms with van der Waals surface area (Å²) in [7, 11) is 0. The molecule has 0 unspecified atom stereocenters. The quantitative estimate of drug-likeness (QED) is 0.190. The number of nitrogens with zero attached hydrogens (tertiary/aromatic N) is 4. The molecule has 5 aromatic rings. The highest BCUT2D eigenvalue weighted by atomic mass is 16.4. The minimum absolute atomic E-state index is 0.112. The highest BCUT2D eigenvalue weighted by Gasteiger charge is 2.25. The van der Waals surface area contributed by atoms with Gasteiger partial charge in [-0.15, -0.1) is 0 Å². The summed E-state index contributed by atoms with van der Waals surface area (Å²) >= 11 is 0. The fourth-order valence-corrected chi connectivity index (χ4v) is 6.20. The number of imidazole rings is 2. The highest BCUT2D eigenvalue weighted by Crippen LogP contribution is 2.34. The Labute approximate surface area is 255 Å². The molecule has 2 aromatic heterocycles. The van der Waals surface area contributed by atoms with Crippen LogP contribution in [0.2, 0.25) is 0 Å². The van der Waals surface area contributed by atoms with E-state index in [1.807, 2.05) is 24.3 Å². The number of carboxylic acids is 1. The Morgan fingerprint density at radius 3 is 2.28 bits per heavy atom. The molecular weight excluding hydrogens is 532 g/mol. The lowest BCUT2D eigenvalue weighted by Gasteiger charge is -2.26. The van der Waals surface area contributed by atoms with Crippen molar-refractivity contribution < 1.29 is 9.90 Å². The Kier molecular flexibility index (Phi) is 8.33. The van der Waals surface area contributed by atoms with Gasteiger partial charge in [-0.2, -0.15) is 0 Å². The molecule has 5 rings (SSSR count). The van der Waals surface area contributed by atoms with Crippen LogP contribution in [-0.4, -0.2) is 30.2 Å². The van der Waals surface area contributed by atoms with Crippen molar-refractivity contribution in [2.75, 3.05) is 0 Å². The van der Waals surface area contributed by atoms with E-state index < -0.39 is 5.97 Å². The average molecular weight is 577 g/mol. The molecule has 0 aliphatic carbocycles. The molecule has 0 bridgehead atoms. The lowest BCUT2D eigenvalue weighted by Crippen LogP contribution is -2.24. The number of fused-ring (bicyclic) bond motifs is 1. The number of aromatic nitrogens is 4. The summed E-state index contributed by atoms with van der Waals surface area (Å²) < 4.78 is 4.74. The molecule has 0 fully saturated rings. The first-order valence-electron chi connectivity index (χ1n) is 15.4. The number of aryl methyl sites for hydroxylation is 2. The number of aromatic carboxylic acids is 1. The van der Waals surface area contributed by atoms with Gasteiger partial charge in [-0.05, 0) is 93.8 Å². The van der Waals surface area contributed by atoms with Crippen molar-refractivity contribution in [2.45, 2.75) is 86.7 Å². The van der Waals surface area contributed by atoms with E-state index in [0.717, 1.165) is 69.8 Å². The van der Waals surface area contributed by atoms with Gasteiger partial charge in [-0.1, -0.05) is 63.2 Å². The summed E-state index contributed by atoms with van der Waals surface area (Å²) in [4.78, 5) is 22.2. The number of rotatable bonds is 9. The zero-order chi connectivity index (χ0) is 31.1. The van der Waals surface area contributed by atoms with Crippen LogP contribution in [0, 0.1) is 19.8 Å². The van der Waals surface area contributed by atoms with Gasteiger partial charge in [-0.25, -0.2) is 14.8 Å². The predicted molar refractivity (Wildman–Crippen MR) is 176 cm³/mol. The summed E-state index contributed by atoms with van der Waals surface area (Å²) in [5.41, 5.74) is 9.78. The standard InChI is InChI=1S/C37H44N4O2/c1-9-12-33-39-34-24(4)20-28(35-38-31(19-23(2)3)25(5)41(35)37(6,7)8)21-32(34)40(33)22-26-15-17-27(18-16-26)29-13-10-11-14-30(29)36(42)43/h10-11,13-18,20-21,23H,9,12,19,22H2,1-8H3,(H,42,43). The van der Waals surface area contributed by atoms with Crippen molar-refractivity contribution in [3.05, 3.63) is 94.6 Å². The van der Waals surface area contributed by atoms with Crippen LogP contribution in [0.15, 0.2) is 60.7 Å². The summed E-state index contributed by atoms with van der Waals surface area (Å²) in [5, 5.41) is 9.66. The van der Waals surface area contributed by atoms with Crippen molar-refractivity contribution >= 4 is 17.0 Å². The third-order valence-corrected chi connectivity index (χ3v) is 8.10. The molecule has 0 saturated heterocycles. The van der Waals surface area contributed by atoms with Gasteiger partial charge in [0.2, 0.25) is 0 Å². The lowest BCUT2D eigenvalue weighted by atomic mass is 9.98. The van der Waals surface area contributed by atoms with Gasteiger partial charge in [0.1, 0.15) is 11.6 Å². The SMILES string of the molecule is CCCc1nc2c(C)cc(-c3nc(CC(C)C)c(C)n3C(C)(C)C)cc2n1Cc1ccc(-c2ccccc2C(=O)O)cc1. The smallest absolute Gasteiger partial charge is 0.336 e. The summed E-state index contributed by atoms with van der Waals surface area (Å²) in [6, 6.07) is 19.9. The van der Waals surface area contributed by atoms with E-state index in [0.29, 0.717) is 18.0 Å². The second-order valence-corrected chi connectivity index (χ2v) is 13.1. The predicted octanol–water partition coefficient (Wildman–Crippen LogP) is 8.84. The second-order valence-electron chi connectivity index (χ2n) is 13.1. The van der Waals surface area contributed by atoms with Gasteiger partial charge in [0.25, 0.3) is 0 Å². The van der Waals surface area contributed by atoms with Crippen molar-refractivity contribution in [3.63, 3.8) is 0 Å². The van der Waals surface area contributed by atoms with Gasteiger partial charge in [0.15, 0.2) is 0 Å². The Balaban J connectivity index is 1.61. The molecule has 1 N–H and O–H groups in total. The van der Waals surface area contributed by atoms with Gasteiger partial charge in [0.05, 0.1) is 22.3 Å². The maximum atomic E-state index is 11.8. The first-order valence-corrected chi connectivity index (χ1v) is 15.4. The van der Waals surface area contributed by atoms with Crippen molar-refractivity contribution in [3.8, 4) is 22.5 Å². The molecule has 0 spiro atoms. The van der Waals surface area contributed by atoms with E-state index in [9.17, 15) is 9.90 Å². The molecule has 0 aliphatic heterocycles. The second kappa shape index (κ2) is 11.8. The topological polar surface area (TPSA) is 72.9 Å². The number of benzene rings is 3. The Morgan fingerprint density at radius 1 is 0.953 bits per heavy atom. The van der Waals surface area contributed by atoms with Crippen LogP contribution in [0.4, 0.5) is 0 Å². The lowest BCUT2D eigenvalue weighted by molar-refractivity contribution is 0.0697. The molecule has 224 valence electrons. The number of carboxylic acid groups (broad SMARTS) is 1. The minimum Gasteiger partial charge on any atom is -0.478 e. The molecule has 0 radical (unpaired) electrons. The third kappa shape index (κ3) is 6.01. The van der Waals surface area contributed by atoms with Gasteiger partial charge in [-0.3, -0.25) is 0 Å². The highest BCUT2D eigenvalue weighted by molar-refractivity contribution is 5.96. The molecule has 0 saturated carbocycles. The third-order valence-electron chi connectivity index (χ3n) is 8.10. The number of carbonyl (C=O) groups is 1. The largest absolute Gasteiger partial charge is 0.478 e. The molecule has 6 heteroatoms. The van der Waals surface area contributed by atoms with Crippen LogP contribution >= 0.6 is 0 Å². The Morgan fingerprint density at radius 2 is 1.65 bits per heavy atom. The van der Waals surface area contributed by atoms with Crippen LogP contribution in [0.3, 0.4) is 0 Å². The van der Waals surface area contributed by atoms with E-state index in [2.05, 4.69) is 88.8 Å². The van der Waals surface area contributed by atoms with Gasteiger partial charge >= 0.3 is 5.97 Å². The molecule has 43 heavy (non-hydrogen) atoms. The van der Waals surface area contributed by atoms with Crippen molar-refractivity contribution in [1.29, 1.82) is 0 Å². The van der Waals surface area contributed by atoms with Crippen LogP contribution in [-0.2, 0) is 24.9 Å². The van der Waals surface area contributed by atoms with Crippen LogP contribution < -0.4 is 0 Å². The Hall–Kier alpha value is -4.19. The number of hydrogen-bond acceptors (Lipinski definition) is 3. The molecule has 3 aromatic carbocycles. The van der Waals surface area contributed by atoms with E-state index in [1.54, 1.807) is 12.1 Å². The average Bonchev–Trinajstić information content (AvgIpc) is 3.46. The molecular formula is C37H44N4O2. The van der Waals surface area contributed by atoms with Gasteiger partial charge < -0.3 is 14.2 Å². The van der Waals surface area contributed by atoms with Crippen molar-refractivity contribution in [2.24, 2.45) is 5.92 Å². The summed E-state index contributed by atoms with van der Waals surface area (Å²) in [6.07, 6.45) is 2.85. The first-order chi connectivity index (χ1) is 20.4. The normalized spacial score (nSPS) is 12.0. The fourth-order valence-electron chi connectivity index (χ4n) is 6.20. The first kappa shape index (κ1) is 30.3. The van der Waals surface area contributed by atoms with Crippen molar-refractivity contribution in [1.82, 2.24) is 19.1 Å². The zero-order valence-corrected chi connectivity index (χ0v) is 26.8. The van der Waals surface area contributed by atoms with Crippen LogP contribution in [0.5, 0.6) is 0 Å². The summed E-state index contributed by atoms with van der Waals surface area (Å²) in [6.45, 7) is 18.5. The van der Waals surface area contributed by atoms with Gasteiger partial charge in [0, 0.05) is 29.8 Å². The monoisotopic (exact) mass is 576 g/mol. The molecule has 6 nitrogen and oxygen atoms in total. The fraction of sp³-hybridized carbons (Fsp3) is 0.378. The Bertz CT molecular complexity index is 1780. The molecule has 0 amide bonds. The maximum Gasteiger partial charge on any atom is 0.336 e. The molecule has 0 atom stereocenters. The van der Waals surface area contributed by atoms with E-state index in [-0.39, 0.29) is 5.54 Å². The molecule has 0 aliphatic rings. The van der Waals surface area contributed by atoms with E-state index >= 15 is 0 Å².